The smallest absolute Gasteiger partial charge is 0.193 e. The van der Waals surface area contributed by atoms with Crippen LogP contribution in [0.2, 0.25) is 0 Å². The van der Waals surface area contributed by atoms with E-state index in [1.807, 2.05) is 0 Å². The zero-order chi connectivity index (χ0) is 17.9. The van der Waals surface area contributed by atoms with E-state index in [9.17, 15) is 0 Å². The monoisotopic (exact) mass is 559 g/mol. The fraction of sp³-hybridized carbons (Fsp3) is 0.722. The fourth-order valence-electron chi connectivity index (χ4n) is 2.87. The summed E-state index contributed by atoms with van der Waals surface area (Å²) in [5.41, 5.74) is 0. The summed E-state index contributed by atoms with van der Waals surface area (Å²) in [6, 6.07) is 4.27. The first kappa shape index (κ1) is 24.1. The van der Waals surface area contributed by atoms with Crippen LogP contribution in [0.5, 0.6) is 0 Å². The third-order valence-electron chi connectivity index (χ3n) is 4.17. The lowest BCUT2D eigenvalue weighted by Crippen LogP contribution is -2.47. The molecule has 0 radical (unpaired) electrons. The Morgan fingerprint density at radius 3 is 2.73 bits per heavy atom. The van der Waals surface area contributed by atoms with Gasteiger partial charge in [0.05, 0.1) is 9.89 Å². The van der Waals surface area contributed by atoms with E-state index in [1.165, 1.54) is 8.66 Å². The SMILES string of the molecule is CCNC(=NCCc1ccc(Br)s1)N1CCC(OCCCOC)CC1.I. The van der Waals surface area contributed by atoms with Crippen molar-refractivity contribution in [1.82, 2.24) is 10.2 Å². The Bertz CT molecular complexity index is 522. The van der Waals surface area contributed by atoms with Gasteiger partial charge in [0.2, 0.25) is 0 Å². The van der Waals surface area contributed by atoms with Crippen molar-refractivity contribution in [2.75, 3.05) is 46.5 Å². The van der Waals surface area contributed by atoms with Crippen molar-refractivity contribution in [2.24, 2.45) is 4.99 Å². The van der Waals surface area contributed by atoms with Crippen molar-refractivity contribution in [3.63, 3.8) is 0 Å². The predicted octanol–water partition coefficient (Wildman–Crippen LogP) is 4.15. The average molecular weight is 560 g/mol. The summed E-state index contributed by atoms with van der Waals surface area (Å²) < 4.78 is 12.2. The molecule has 1 aliphatic heterocycles. The molecule has 5 nitrogen and oxygen atoms in total. The first-order valence-electron chi connectivity index (χ1n) is 9.11. The molecule has 1 saturated heterocycles. The van der Waals surface area contributed by atoms with Crippen LogP contribution in [0, 0.1) is 0 Å². The number of likely N-dealkylation sites (tertiary alicyclic amines) is 1. The van der Waals surface area contributed by atoms with E-state index in [0.717, 1.165) is 71.0 Å². The van der Waals surface area contributed by atoms with Gasteiger partial charge in [0, 0.05) is 57.8 Å². The van der Waals surface area contributed by atoms with Crippen LogP contribution < -0.4 is 5.32 Å². The molecular formula is C18H31BrIN3O2S. The highest BCUT2D eigenvalue weighted by molar-refractivity contribution is 14.0. The molecule has 8 heteroatoms. The molecular weight excluding hydrogens is 529 g/mol. The summed E-state index contributed by atoms with van der Waals surface area (Å²) in [4.78, 5) is 8.55. The molecule has 1 aromatic rings. The van der Waals surface area contributed by atoms with Gasteiger partial charge in [-0.1, -0.05) is 0 Å². The molecule has 0 spiro atoms. The molecule has 1 aromatic heterocycles. The number of nitrogens with one attached hydrogen (secondary N) is 1. The lowest BCUT2D eigenvalue weighted by atomic mass is 10.1. The molecule has 1 aliphatic rings. The highest BCUT2D eigenvalue weighted by Gasteiger charge is 2.21. The summed E-state index contributed by atoms with van der Waals surface area (Å²) in [5, 5.41) is 3.43. The van der Waals surface area contributed by atoms with E-state index in [-0.39, 0.29) is 24.0 Å². The lowest BCUT2D eigenvalue weighted by Gasteiger charge is -2.34. The van der Waals surface area contributed by atoms with Crippen molar-refractivity contribution in [2.45, 2.75) is 38.7 Å². The maximum Gasteiger partial charge on any atom is 0.193 e. The number of ether oxygens (including phenoxy) is 2. The van der Waals surface area contributed by atoms with E-state index < -0.39 is 0 Å². The minimum Gasteiger partial charge on any atom is -0.385 e. The Balaban J connectivity index is 0.00000338. The van der Waals surface area contributed by atoms with E-state index in [4.69, 9.17) is 14.5 Å². The Kier molecular flexibility index (Phi) is 13.1. The lowest BCUT2D eigenvalue weighted by molar-refractivity contribution is 0.00991. The third kappa shape index (κ3) is 8.86. The van der Waals surface area contributed by atoms with Crippen LogP contribution in [0.25, 0.3) is 0 Å². The molecule has 0 aromatic carbocycles. The van der Waals surface area contributed by atoms with Gasteiger partial charge in [-0.15, -0.1) is 35.3 Å². The van der Waals surface area contributed by atoms with Crippen LogP contribution in [0.1, 0.15) is 31.1 Å². The van der Waals surface area contributed by atoms with Crippen molar-refractivity contribution in [1.29, 1.82) is 0 Å². The second-order valence-corrected chi connectivity index (χ2v) is 8.64. The second kappa shape index (κ2) is 14.1. The summed E-state index contributed by atoms with van der Waals surface area (Å²) in [7, 11) is 1.73. The highest BCUT2D eigenvalue weighted by atomic mass is 127. The third-order valence-corrected chi connectivity index (χ3v) is 5.85. The van der Waals surface area contributed by atoms with Gasteiger partial charge in [0.1, 0.15) is 0 Å². The summed E-state index contributed by atoms with van der Waals surface area (Å²) in [5.74, 6) is 1.04. The zero-order valence-electron chi connectivity index (χ0n) is 15.7. The summed E-state index contributed by atoms with van der Waals surface area (Å²) in [6.07, 6.45) is 4.47. The van der Waals surface area contributed by atoms with E-state index >= 15 is 0 Å². The molecule has 2 heterocycles. The standard InChI is InChI=1S/C18H30BrN3O2S.HI/c1-3-20-18(21-10-7-16-5-6-17(19)25-16)22-11-8-15(9-12-22)24-14-4-13-23-2;/h5-6,15H,3-4,7-14H2,1-2H3,(H,20,21);1H. The van der Waals surface area contributed by atoms with Gasteiger partial charge in [-0.25, -0.2) is 0 Å². The first-order valence-corrected chi connectivity index (χ1v) is 10.7. The van der Waals surface area contributed by atoms with Crippen molar-refractivity contribution in [3.05, 3.63) is 20.8 Å². The molecule has 2 rings (SSSR count). The fourth-order valence-corrected chi connectivity index (χ4v) is 4.34. The Labute approximate surface area is 187 Å². The summed E-state index contributed by atoms with van der Waals surface area (Å²) >= 11 is 5.30. The van der Waals surface area contributed by atoms with Gasteiger partial charge >= 0.3 is 0 Å². The number of thiophene rings is 1. The topological polar surface area (TPSA) is 46.1 Å². The molecule has 0 unspecified atom stereocenters. The van der Waals surface area contributed by atoms with Gasteiger partial charge in [-0.3, -0.25) is 4.99 Å². The zero-order valence-corrected chi connectivity index (χ0v) is 20.4. The van der Waals surface area contributed by atoms with Gasteiger partial charge in [0.15, 0.2) is 5.96 Å². The predicted molar refractivity (Wildman–Crippen MR) is 124 cm³/mol. The number of halogens is 2. The van der Waals surface area contributed by atoms with E-state index in [0.29, 0.717) is 6.10 Å². The molecule has 1 fully saturated rings. The number of nitrogens with zero attached hydrogens (tertiary/aromatic N) is 2. The molecule has 0 aliphatic carbocycles. The highest BCUT2D eigenvalue weighted by Crippen LogP contribution is 2.22. The van der Waals surface area contributed by atoms with E-state index in [1.54, 1.807) is 18.4 Å². The normalized spacial score (nSPS) is 15.8. The van der Waals surface area contributed by atoms with Crippen LogP contribution >= 0.6 is 51.2 Å². The molecule has 0 bridgehead atoms. The van der Waals surface area contributed by atoms with Crippen molar-refractivity contribution < 1.29 is 9.47 Å². The van der Waals surface area contributed by atoms with Crippen LogP contribution in [0.3, 0.4) is 0 Å². The quantitative estimate of drug-likeness (QED) is 0.214. The average Bonchev–Trinajstić information content (AvgIpc) is 3.04. The number of hydrogen-bond donors (Lipinski definition) is 1. The molecule has 0 atom stereocenters. The number of guanidine groups is 1. The van der Waals surface area contributed by atoms with Crippen LogP contribution in [-0.4, -0.2) is 63.5 Å². The number of rotatable bonds is 9. The minimum absolute atomic E-state index is 0. The minimum atomic E-state index is 0. The van der Waals surface area contributed by atoms with E-state index in [2.05, 4.69) is 45.2 Å². The number of hydrogen-bond acceptors (Lipinski definition) is 4. The second-order valence-electron chi connectivity index (χ2n) is 6.10. The largest absolute Gasteiger partial charge is 0.385 e. The number of aliphatic imine (C=N–C) groups is 1. The maximum absolute atomic E-state index is 5.94. The van der Waals surface area contributed by atoms with Crippen molar-refractivity contribution in [3.8, 4) is 0 Å². The molecule has 26 heavy (non-hydrogen) atoms. The van der Waals surface area contributed by atoms with Crippen LogP contribution in [0.15, 0.2) is 20.9 Å². The summed E-state index contributed by atoms with van der Waals surface area (Å²) in [6.45, 7) is 7.42. The Hall–Kier alpha value is 0.1000. The molecule has 0 amide bonds. The Morgan fingerprint density at radius 2 is 2.12 bits per heavy atom. The number of methoxy groups -OCH3 is 1. The van der Waals surface area contributed by atoms with Crippen LogP contribution in [-0.2, 0) is 15.9 Å². The van der Waals surface area contributed by atoms with Gasteiger partial charge in [-0.05, 0) is 54.2 Å². The van der Waals surface area contributed by atoms with Gasteiger partial charge in [0.25, 0.3) is 0 Å². The van der Waals surface area contributed by atoms with Crippen molar-refractivity contribution >= 4 is 57.2 Å². The number of piperidine rings is 1. The first-order chi connectivity index (χ1) is 12.2. The molecule has 1 N–H and O–H groups in total. The molecule has 0 saturated carbocycles. The van der Waals surface area contributed by atoms with Crippen LogP contribution in [0.4, 0.5) is 0 Å². The Morgan fingerprint density at radius 1 is 1.35 bits per heavy atom. The molecule has 150 valence electrons. The maximum atomic E-state index is 5.94. The van der Waals surface area contributed by atoms with Gasteiger partial charge in [-0.2, -0.15) is 0 Å². The van der Waals surface area contributed by atoms with Gasteiger partial charge < -0.3 is 19.7 Å².